The zero-order chi connectivity index (χ0) is 18.4. The number of fused-ring (bicyclic) bond motifs is 1. The predicted octanol–water partition coefficient (Wildman–Crippen LogP) is 3.71. The fourth-order valence-electron chi connectivity index (χ4n) is 2.40. The standard InChI is InChI=1S/C19H20FN3O3/c1-13(26-14-6-3-2-4-7-14)19(24)21-18-16-12-15(25-11-5-10-20)8-9-17(16)22-23-18/h2-4,6-9,12-13H,5,10-11H2,1H3,(H2,21,22,23,24). The number of amides is 1. The number of alkyl halides is 1. The van der Waals surface area contributed by atoms with Crippen LogP contribution >= 0.6 is 0 Å². The van der Waals surface area contributed by atoms with Gasteiger partial charge in [-0.3, -0.25) is 14.3 Å². The van der Waals surface area contributed by atoms with E-state index in [1.54, 1.807) is 37.3 Å². The number of benzene rings is 2. The van der Waals surface area contributed by atoms with Crippen LogP contribution in [0.4, 0.5) is 10.2 Å². The van der Waals surface area contributed by atoms with E-state index in [9.17, 15) is 9.18 Å². The van der Waals surface area contributed by atoms with Crippen molar-refractivity contribution in [3.05, 3.63) is 48.5 Å². The molecule has 26 heavy (non-hydrogen) atoms. The summed E-state index contributed by atoms with van der Waals surface area (Å²) in [5.74, 6) is 1.29. The second-order valence-corrected chi connectivity index (χ2v) is 5.73. The Hall–Kier alpha value is -3.09. The number of hydrogen-bond acceptors (Lipinski definition) is 4. The normalized spacial score (nSPS) is 11.9. The summed E-state index contributed by atoms with van der Waals surface area (Å²) in [4.78, 5) is 12.4. The molecule has 7 heteroatoms. The summed E-state index contributed by atoms with van der Waals surface area (Å²) < 4.78 is 23.3. The summed E-state index contributed by atoms with van der Waals surface area (Å²) in [5.41, 5.74) is 0.759. The lowest BCUT2D eigenvalue weighted by molar-refractivity contribution is -0.122. The van der Waals surface area contributed by atoms with Gasteiger partial charge < -0.3 is 14.8 Å². The molecule has 0 saturated heterocycles. The third kappa shape index (κ3) is 4.30. The molecule has 136 valence electrons. The van der Waals surface area contributed by atoms with Gasteiger partial charge in [-0.05, 0) is 37.3 Å². The number of para-hydroxylation sites is 1. The first kappa shape index (κ1) is 17.7. The lowest BCUT2D eigenvalue weighted by atomic mass is 10.2. The first-order chi connectivity index (χ1) is 12.7. The van der Waals surface area contributed by atoms with Gasteiger partial charge in [0.05, 0.1) is 18.8 Å². The van der Waals surface area contributed by atoms with Crippen LogP contribution in [-0.4, -0.2) is 35.5 Å². The number of halogens is 1. The number of nitrogens with one attached hydrogen (secondary N) is 2. The number of carbonyl (C=O) groups is 1. The highest BCUT2D eigenvalue weighted by Gasteiger charge is 2.17. The summed E-state index contributed by atoms with van der Waals surface area (Å²) in [6.45, 7) is 1.54. The fraction of sp³-hybridized carbons (Fsp3) is 0.263. The summed E-state index contributed by atoms with van der Waals surface area (Å²) in [6, 6.07) is 14.5. The highest BCUT2D eigenvalue weighted by molar-refractivity contribution is 6.01. The Morgan fingerprint density at radius 1 is 1.23 bits per heavy atom. The zero-order valence-electron chi connectivity index (χ0n) is 14.4. The minimum Gasteiger partial charge on any atom is -0.493 e. The van der Waals surface area contributed by atoms with Crippen molar-refractivity contribution in [2.75, 3.05) is 18.6 Å². The molecule has 0 fully saturated rings. The molecule has 3 rings (SSSR count). The van der Waals surface area contributed by atoms with E-state index < -0.39 is 12.8 Å². The maximum Gasteiger partial charge on any atom is 0.266 e. The molecule has 0 radical (unpaired) electrons. The van der Waals surface area contributed by atoms with Crippen molar-refractivity contribution in [2.45, 2.75) is 19.4 Å². The highest BCUT2D eigenvalue weighted by Crippen LogP contribution is 2.25. The lowest BCUT2D eigenvalue weighted by Gasteiger charge is -2.13. The summed E-state index contributed by atoms with van der Waals surface area (Å²) >= 11 is 0. The molecule has 2 N–H and O–H groups in total. The summed E-state index contributed by atoms with van der Waals surface area (Å²) in [5, 5.41) is 10.5. The van der Waals surface area contributed by atoms with E-state index in [1.807, 2.05) is 18.2 Å². The second kappa shape index (κ2) is 8.33. The molecule has 1 heterocycles. The van der Waals surface area contributed by atoms with Crippen molar-refractivity contribution < 1.29 is 18.7 Å². The van der Waals surface area contributed by atoms with Crippen LogP contribution in [0.5, 0.6) is 11.5 Å². The van der Waals surface area contributed by atoms with Crippen LogP contribution in [0.1, 0.15) is 13.3 Å². The van der Waals surface area contributed by atoms with Gasteiger partial charge in [-0.15, -0.1) is 0 Å². The number of carbonyl (C=O) groups excluding carboxylic acids is 1. The highest BCUT2D eigenvalue weighted by atomic mass is 19.1. The molecule has 0 bridgehead atoms. The second-order valence-electron chi connectivity index (χ2n) is 5.73. The Morgan fingerprint density at radius 2 is 2.04 bits per heavy atom. The number of ether oxygens (including phenoxy) is 2. The van der Waals surface area contributed by atoms with Gasteiger partial charge in [-0.1, -0.05) is 18.2 Å². The average molecular weight is 357 g/mol. The van der Waals surface area contributed by atoms with E-state index in [0.717, 1.165) is 5.52 Å². The largest absolute Gasteiger partial charge is 0.493 e. The van der Waals surface area contributed by atoms with E-state index in [2.05, 4.69) is 15.5 Å². The van der Waals surface area contributed by atoms with Crippen LogP contribution in [0.2, 0.25) is 0 Å². The van der Waals surface area contributed by atoms with Crippen molar-refractivity contribution in [3.8, 4) is 11.5 Å². The maximum atomic E-state index is 12.4. The third-order valence-corrected chi connectivity index (χ3v) is 3.75. The van der Waals surface area contributed by atoms with Crippen LogP contribution in [0.3, 0.4) is 0 Å². The van der Waals surface area contributed by atoms with Crippen LogP contribution in [0, 0.1) is 0 Å². The number of aromatic amines is 1. The number of nitrogens with zero attached hydrogens (tertiary/aromatic N) is 1. The number of H-pyrrole nitrogens is 1. The quantitative estimate of drug-likeness (QED) is 0.603. The van der Waals surface area contributed by atoms with Crippen LogP contribution in [0.25, 0.3) is 10.9 Å². The molecule has 2 aromatic carbocycles. The predicted molar refractivity (Wildman–Crippen MR) is 97.3 cm³/mol. The minimum atomic E-state index is -0.687. The van der Waals surface area contributed by atoms with Crippen LogP contribution in [0.15, 0.2) is 48.5 Å². The van der Waals surface area contributed by atoms with E-state index in [0.29, 0.717) is 35.7 Å². The van der Waals surface area contributed by atoms with E-state index in [4.69, 9.17) is 9.47 Å². The van der Waals surface area contributed by atoms with E-state index in [-0.39, 0.29) is 5.91 Å². The van der Waals surface area contributed by atoms with E-state index in [1.165, 1.54) is 0 Å². The number of rotatable bonds is 8. The van der Waals surface area contributed by atoms with Crippen molar-refractivity contribution in [1.82, 2.24) is 10.2 Å². The molecule has 0 aliphatic carbocycles. The van der Waals surface area contributed by atoms with Gasteiger partial charge in [0.25, 0.3) is 5.91 Å². The van der Waals surface area contributed by atoms with Gasteiger partial charge in [0.15, 0.2) is 11.9 Å². The van der Waals surface area contributed by atoms with Gasteiger partial charge >= 0.3 is 0 Å². The molecule has 0 saturated carbocycles. The Labute approximate surface area is 150 Å². The number of aromatic nitrogens is 2. The molecule has 3 aromatic rings. The minimum absolute atomic E-state index is 0.295. The monoisotopic (exact) mass is 357 g/mol. The third-order valence-electron chi connectivity index (χ3n) is 3.75. The zero-order valence-corrected chi connectivity index (χ0v) is 14.4. The molecule has 1 aromatic heterocycles. The Balaban J connectivity index is 1.69. The summed E-state index contributed by atoms with van der Waals surface area (Å²) in [7, 11) is 0. The van der Waals surface area contributed by atoms with Gasteiger partial charge in [-0.25, -0.2) is 0 Å². The molecular formula is C19H20FN3O3. The van der Waals surface area contributed by atoms with Crippen molar-refractivity contribution in [3.63, 3.8) is 0 Å². The van der Waals surface area contributed by atoms with Crippen molar-refractivity contribution >= 4 is 22.6 Å². The Morgan fingerprint density at radius 3 is 2.81 bits per heavy atom. The van der Waals surface area contributed by atoms with E-state index >= 15 is 0 Å². The molecular weight excluding hydrogens is 337 g/mol. The van der Waals surface area contributed by atoms with Crippen LogP contribution in [-0.2, 0) is 4.79 Å². The molecule has 6 nitrogen and oxygen atoms in total. The molecule has 1 atom stereocenters. The topological polar surface area (TPSA) is 76.2 Å². The lowest BCUT2D eigenvalue weighted by Crippen LogP contribution is -2.30. The smallest absolute Gasteiger partial charge is 0.266 e. The summed E-state index contributed by atoms with van der Waals surface area (Å²) in [6.07, 6.45) is -0.352. The molecule has 0 aliphatic heterocycles. The molecule has 0 aliphatic rings. The molecule has 0 spiro atoms. The van der Waals surface area contributed by atoms with Crippen molar-refractivity contribution in [2.24, 2.45) is 0 Å². The fourth-order valence-corrected chi connectivity index (χ4v) is 2.40. The first-order valence-corrected chi connectivity index (χ1v) is 8.37. The van der Waals surface area contributed by atoms with Gasteiger partial charge in [-0.2, -0.15) is 5.10 Å². The Kier molecular flexibility index (Phi) is 5.68. The SMILES string of the molecule is CC(Oc1ccccc1)C(=O)Nc1n[nH]c2ccc(OCCCF)cc12. The molecule has 1 amide bonds. The molecule has 1 unspecified atom stereocenters. The van der Waals surface area contributed by atoms with Gasteiger partial charge in [0.1, 0.15) is 11.5 Å². The average Bonchev–Trinajstić information content (AvgIpc) is 3.05. The number of anilines is 1. The van der Waals surface area contributed by atoms with Gasteiger partial charge in [0, 0.05) is 11.8 Å². The Bertz CT molecular complexity index is 867. The first-order valence-electron chi connectivity index (χ1n) is 8.37. The number of hydrogen-bond donors (Lipinski definition) is 2. The van der Waals surface area contributed by atoms with Gasteiger partial charge in [0.2, 0.25) is 0 Å². The maximum absolute atomic E-state index is 12.4. The van der Waals surface area contributed by atoms with Crippen molar-refractivity contribution in [1.29, 1.82) is 0 Å². The van der Waals surface area contributed by atoms with Crippen LogP contribution < -0.4 is 14.8 Å².